The summed E-state index contributed by atoms with van der Waals surface area (Å²) in [6, 6.07) is 7.45. The second-order valence-corrected chi connectivity index (χ2v) is 5.55. The number of likely N-dealkylation sites (N-methyl/N-ethyl adjacent to an activating group) is 1. The van der Waals surface area contributed by atoms with Crippen LogP contribution in [-0.4, -0.2) is 26.3 Å². The van der Waals surface area contributed by atoms with Crippen molar-refractivity contribution in [3.63, 3.8) is 0 Å². The highest BCUT2D eigenvalue weighted by molar-refractivity contribution is 5.29. The average Bonchev–Trinajstić information content (AvgIpc) is 2.36. The van der Waals surface area contributed by atoms with Gasteiger partial charge in [-0.25, -0.2) is 0 Å². The third-order valence-electron chi connectivity index (χ3n) is 3.94. The van der Waals surface area contributed by atoms with Crippen LogP contribution in [0, 0.1) is 19.8 Å². The molecule has 18 heavy (non-hydrogen) atoms. The standard InChI is InChI=1S/C16H25NO/c1-12-8-13(2)10-14(9-12)11-16(17-3)15-4-6-18-7-5-15/h8-10,15-17H,4-7,11H2,1-3H3. The minimum Gasteiger partial charge on any atom is -0.381 e. The van der Waals surface area contributed by atoms with E-state index in [9.17, 15) is 0 Å². The Balaban J connectivity index is 2.04. The number of hydrogen-bond donors (Lipinski definition) is 1. The summed E-state index contributed by atoms with van der Waals surface area (Å²) < 4.78 is 5.46. The van der Waals surface area contributed by atoms with E-state index in [2.05, 4.69) is 44.4 Å². The molecule has 1 N–H and O–H groups in total. The van der Waals surface area contributed by atoms with Crippen LogP contribution < -0.4 is 5.32 Å². The zero-order chi connectivity index (χ0) is 13.0. The summed E-state index contributed by atoms with van der Waals surface area (Å²) in [5, 5.41) is 3.50. The summed E-state index contributed by atoms with van der Waals surface area (Å²) in [7, 11) is 2.09. The molecule has 1 heterocycles. The van der Waals surface area contributed by atoms with Crippen molar-refractivity contribution < 1.29 is 4.74 Å². The summed E-state index contributed by atoms with van der Waals surface area (Å²) in [5.41, 5.74) is 4.19. The van der Waals surface area contributed by atoms with Crippen molar-refractivity contribution in [2.45, 2.75) is 39.2 Å². The van der Waals surface area contributed by atoms with E-state index in [1.807, 2.05) is 0 Å². The zero-order valence-corrected chi connectivity index (χ0v) is 11.8. The van der Waals surface area contributed by atoms with E-state index in [4.69, 9.17) is 4.74 Å². The molecule has 1 aliphatic heterocycles. The monoisotopic (exact) mass is 247 g/mol. The van der Waals surface area contributed by atoms with Crippen LogP contribution in [0.4, 0.5) is 0 Å². The molecule has 100 valence electrons. The molecule has 1 saturated heterocycles. The van der Waals surface area contributed by atoms with Gasteiger partial charge < -0.3 is 10.1 Å². The third-order valence-corrected chi connectivity index (χ3v) is 3.94. The second-order valence-electron chi connectivity index (χ2n) is 5.55. The Bertz CT molecular complexity index is 362. The van der Waals surface area contributed by atoms with Crippen LogP contribution in [0.3, 0.4) is 0 Å². The molecule has 2 rings (SSSR count). The summed E-state index contributed by atoms with van der Waals surface area (Å²) in [5.74, 6) is 0.754. The lowest BCUT2D eigenvalue weighted by Gasteiger charge is -2.30. The van der Waals surface area contributed by atoms with E-state index in [1.165, 1.54) is 29.5 Å². The van der Waals surface area contributed by atoms with E-state index in [-0.39, 0.29) is 0 Å². The number of hydrogen-bond acceptors (Lipinski definition) is 2. The largest absolute Gasteiger partial charge is 0.381 e. The maximum atomic E-state index is 5.46. The van der Waals surface area contributed by atoms with Crippen LogP contribution in [0.1, 0.15) is 29.5 Å². The molecular weight excluding hydrogens is 222 g/mol. The van der Waals surface area contributed by atoms with Crippen molar-refractivity contribution in [1.82, 2.24) is 5.32 Å². The van der Waals surface area contributed by atoms with Gasteiger partial charge in [0, 0.05) is 19.3 Å². The van der Waals surface area contributed by atoms with Gasteiger partial charge in [0.2, 0.25) is 0 Å². The van der Waals surface area contributed by atoms with Crippen LogP contribution in [-0.2, 0) is 11.2 Å². The van der Waals surface area contributed by atoms with Crippen LogP contribution >= 0.6 is 0 Å². The lowest BCUT2D eigenvalue weighted by molar-refractivity contribution is 0.0547. The molecule has 1 unspecified atom stereocenters. The summed E-state index contributed by atoms with van der Waals surface area (Å²) in [6.07, 6.45) is 3.51. The van der Waals surface area contributed by atoms with Crippen LogP contribution in [0.2, 0.25) is 0 Å². The lowest BCUT2D eigenvalue weighted by atomic mass is 9.87. The number of benzene rings is 1. The molecule has 0 aromatic heterocycles. The van der Waals surface area contributed by atoms with Crippen molar-refractivity contribution in [2.75, 3.05) is 20.3 Å². The molecule has 1 atom stereocenters. The Kier molecular flexibility index (Phi) is 4.79. The van der Waals surface area contributed by atoms with Crippen molar-refractivity contribution in [3.05, 3.63) is 34.9 Å². The van der Waals surface area contributed by atoms with Gasteiger partial charge in [-0.2, -0.15) is 0 Å². The highest BCUT2D eigenvalue weighted by atomic mass is 16.5. The van der Waals surface area contributed by atoms with Gasteiger partial charge in [0.1, 0.15) is 0 Å². The summed E-state index contributed by atoms with van der Waals surface area (Å²) in [6.45, 7) is 6.21. The SMILES string of the molecule is CNC(Cc1cc(C)cc(C)c1)C1CCOCC1. The number of aryl methyl sites for hydroxylation is 2. The van der Waals surface area contributed by atoms with Gasteiger partial charge in [0.25, 0.3) is 0 Å². The molecule has 2 heteroatoms. The zero-order valence-electron chi connectivity index (χ0n) is 11.8. The first-order valence-corrected chi connectivity index (χ1v) is 7.01. The molecule has 1 aromatic rings. The third kappa shape index (κ3) is 3.56. The molecule has 2 nitrogen and oxygen atoms in total. The quantitative estimate of drug-likeness (QED) is 0.883. The fraction of sp³-hybridized carbons (Fsp3) is 0.625. The van der Waals surface area contributed by atoms with Gasteiger partial charge in [-0.05, 0) is 51.6 Å². The van der Waals surface area contributed by atoms with Gasteiger partial charge in [-0.15, -0.1) is 0 Å². The van der Waals surface area contributed by atoms with Crippen LogP contribution in [0.25, 0.3) is 0 Å². The molecule has 0 amide bonds. The molecule has 0 saturated carbocycles. The minimum atomic E-state index is 0.579. The average molecular weight is 247 g/mol. The van der Waals surface area contributed by atoms with Crippen LogP contribution in [0.15, 0.2) is 18.2 Å². The van der Waals surface area contributed by atoms with Gasteiger partial charge in [-0.3, -0.25) is 0 Å². The first kappa shape index (κ1) is 13.6. The minimum absolute atomic E-state index is 0.579. The molecule has 1 aromatic carbocycles. The van der Waals surface area contributed by atoms with E-state index >= 15 is 0 Å². The maximum Gasteiger partial charge on any atom is 0.0469 e. The highest BCUT2D eigenvalue weighted by Gasteiger charge is 2.22. The Morgan fingerprint density at radius 2 is 1.78 bits per heavy atom. The van der Waals surface area contributed by atoms with E-state index in [1.54, 1.807) is 0 Å². The molecule has 0 radical (unpaired) electrons. The number of rotatable bonds is 4. The predicted molar refractivity (Wildman–Crippen MR) is 76.0 cm³/mol. The molecule has 0 bridgehead atoms. The molecule has 1 fully saturated rings. The second kappa shape index (κ2) is 6.35. The number of nitrogens with one attached hydrogen (secondary N) is 1. The molecular formula is C16H25NO. The van der Waals surface area contributed by atoms with Gasteiger partial charge >= 0.3 is 0 Å². The highest BCUT2D eigenvalue weighted by Crippen LogP contribution is 2.22. The number of ether oxygens (including phenoxy) is 1. The molecule has 0 spiro atoms. The van der Waals surface area contributed by atoms with Crippen molar-refractivity contribution in [1.29, 1.82) is 0 Å². The summed E-state index contributed by atoms with van der Waals surface area (Å²) >= 11 is 0. The Labute approximate surface area is 111 Å². The predicted octanol–water partition coefficient (Wildman–Crippen LogP) is 2.86. The van der Waals surface area contributed by atoms with E-state index in [0.29, 0.717) is 6.04 Å². The Hall–Kier alpha value is -0.860. The Morgan fingerprint density at radius 3 is 2.33 bits per heavy atom. The topological polar surface area (TPSA) is 21.3 Å². The molecule has 1 aliphatic rings. The fourth-order valence-electron chi connectivity index (χ4n) is 3.06. The molecule has 0 aliphatic carbocycles. The first-order chi connectivity index (χ1) is 8.69. The van der Waals surface area contributed by atoms with Crippen LogP contribution in [0.5, 0.6) is 0 Å². The lowest BCUT2D eigenvalue weighted by Crippen LogP contribution is -2.38. The van der Waals surface area contributed by atoms with E-state index in [0.717, 1.165) is 25.6 Å². The maximum absolute atomic E-state index is 5.46. The van der Waals surface area contributed by atoms with Gasteiger partial charge in [-0.1, -0.05) is 29.3 Å². The van der Waals surface area contributed by atoms with Crippen molar-refractivity contribution >= 4 is 0 Å². The van der Waals surface area contributed by atoms with Gasteiger partial charge in [0.05, 0.1) is 0 Å². The normalized spacial score (nSPS) is 18.8. The van der Waals surface area contributed by atoms with Crippen molar-refractivity contribution in [3.8, 4) is 0 Å². The van der Waals surface area contributed by atoms with Gasteiger partial charge in [0.15, 0.2) is 0 Å². The fourth-order valence-corrected chi connectivity index (χ4v) is 3.06. The van der Waals surface area contributed by atoms with E-state index < -0.39 is 0 Å². The van der Waals surface area contributed by atoms with Crippen molar-refractivity contribution in [2.24, 2.45) is 5.92 Å². The Morgan fingerprint density at radius 1 is 1.17 bits per heavy atom. The first-order valence-electron chi connectivity index (χ1n) is 7.01. The smallest absolute Gasteiger partial charge is 0.0469 e. The summed E-state index contributed by atoms with van der Waals surface area (Å²) in [4.78, 5) is 0.